The van der Waals surface area contributed by atoms with Crippen LogP contribution in [0.15, 0.2) is 83.4 Å². The Morgan fingerprint density at radius 1 is 0.756 bits per heavy atom. The molecule has 0 aliphatic heterocycles. The van der Waals surface area contributed by atoms with Crippen molar-refractivity contribution in [2.75, 3.05) is 0 Å². The van der Waals surface area contributed by atoms with Gasteiger partial charge in [0.05, 0.1) is 5.69 Å². The van der Waals surface area contributed by atoms with Gasteiger partial charge in [0.1, 0.15) is 11.2 Å². The number of nitrogens with zero attached hydrogens (tertiary/aromatic N) is 1. The molecular weight excluding hydrogens is 498 g/mol. The highest BCUT2D eigenvalue weighted by atomic mass is 16.3. The topological polar surface area (TPSA) is 26.0 Å². The van der Waals surface area contributed by atoms with Gasteiger partial charge in [0.25, 0.3) is 0 Å². The van der Waals surface area contributed by atoms with E-state index < -0.39 is 6.85 Å². The minimum Gasteiger partial charge on any atom is -0.455 e. The molecule has 1 spiro atoms. The summed E-state index contributed by atoms with van der Waals surface area (Å²) < 4.78 is 31.7. The largest absolute Gasteiger partial charge is 0.455 e. The van der Waals surface area contributed by atoms with E-state index in [1.54, 1.807) is 6.20 Å². The molecule has 2 aliphatic rings. The van der Waals surface area contributed by atoms with Crippen molar-refractivity contribution in [2.45, 2.75) is 78.0 Å². The van der Waals surface area contributed by atoms with Crippen molar-refractivity contribution in [3.63, 3.8) is 0 Å². The number of aryl methyl sites for hydroxylation is 1. The van der Waals surface area contributed by atoms with E-state index in [2.05, 4.69) is 86.6 Å². The Morgan fingerprint density at radius 3 is 2.37 bits per heavy atom. The standard InChI is InChI=1S/C39H39NO/c1-25-24-40-35(22-32(25)27-13-15-39(16-14-27)19-17-38(2,3)18-20-39)31-10-6-9-30-34-21-28-12-11-26-7-4-5-8-29(26)33(28)23-36(34)41-37(30)31/h4-12,21-24,27H,13-20H2,1-3H3/i1D3. The van der Waals surface area contributed by atoms with Crippen LogP contribution in [-0.4, -0.2) is 4.98 Å². The van der Waals surface area contributed by atoms with Crippen LogP contribution in [0.5, 0.6) is 0 Å². The Balaban J connectivity index is 1.20. The molecule has 0 bridgehead atoms. The molecule has 2 heterocycles. The first kappa shape index (κ1) is 22.0. The maximum absolute atomic E-state index is 8.35. The summed E-state index contributed by atoms with van der Waals surface area (Å²) in [6.07, 6.45) is 11.3. The van der Waals surface area contributed by atoms with Gasteiger partial charge in [-0.15, -0.1) is 0 Å². The van der Waals surface area contributed by atoms with Crippen molar-refractivity contribution in [2.24, 2.45) is 10.8 Å². The summed E-state index contributed by atoms with van der Waals surface area (Å²) in [5, 5.41) is 6.92. The maximum atomic E-state index is 8.35. The first-order valence-electron chi connectivity index (χ1n) is 16.9. The highest BCUT2D eigenvalue weighted by Gasteiger charge is 2.41. The molecule has 0 unspecified atom stereocenters. The van der Waals surface area contributed by atoms with Gasteiger partial charge in [-0.3, -0.25) is 4.98 Å². The highest BCUT2D eigenvalue weighted by Crippen LogP contribution is 2.55. The third kappa shape index (κ3) is 4.18. The second kappa shape index (κ2) is 9.18. The normalized spacial score (nSPS) is 20.5. The van der Waals surface area contributed by atoms with Gasteiger partial charge in [-0.25, -0.2) is 0 Å². The predicted molar refractivity (Wildman–Crippen MR) is 173 cm³/mol. The zero-order valence-corrected chi connectivity index (χ0v) is 24.1. The molecule has 0 atom stereocenters. The average Bonchev–Trinajstić information content (AvgIpc) is 3.39. The second-order valence-electron chi connectivity index (χ2n) is 13.7. The lowest BCUT2D eigenvalue weighted by Gasteiger charge is -2.47. The van der Waals surface area contributed by atoms with Gasteiger partial charge in [-0.05, 0) is 132 Å². The van der Waals surface area contributed by atoms with E-state index in [0.29, 0.717) is 16.4 Å². The minimum absolute atomic E-state index is 0.237. The van der Waals surface area contributed by atoms with Gasteiger partial charge in [-0.1, -0.05) is 62.4 Å². The highest BCUT2D eigenvalue weighted by molar-refractivity contribution is 6.17. The van der Waals surface area contributed by atoms with Gasteiger partial charge >= 0.3 is 0 Å². The van der Waals surface area contributed by atoms with E-state index >= 15 is 0 Å². The van der Waals surface area contributed by atoms with Crippen LogP contribution >= 0.6 is 0 Å². The lowest BCUT2D eigenvalue weighted by atomic mass is 9.58. The number of fused-ring (bicyclic) bond motifs is 6. The molecule has 206 valence electrons. The van der Waals surface area contributed by atoms with E-state index in [1.165, 1.54) is 60.1 Å². The second-order valence-corrected chi connectivity index (χ2v) is 13.7. The van der Waals surface area contributed by atoms with E-state index in [4.69, 9.17) is 13.5 Å². The summed E-state index contributed by atoms with van der Waals surface area (Å²) in [4.78, 5) is 4.77. The van der Waals surface area contributed by atoms with Crippen LogP contribution in [0.3, 0.4) is 0 Å². The summed E-state index contributed by atoms with van der Waals surface area (Å²) >= 11 is 0. The lowest BCUT2D eigenvalue weighted by molar-refractivity contribution is 0.0584. The average molecular weight is 541 g/mol. The van der Waals surface area contributed by atoms with E-state index in [9.17, 15) is 0 Å². The van der Waals surface area contributed by atoms with Gasteiger partial charge in [0.2, 0.25) is 0 Å². The molecule has 8 rings (SSSR count). The fraction of sp³-hybridized carbons (Fsp3) is 0.359. The van der Waals surface area contributed by atoms with Crippen LogP contribution in [0.4, 0.5) is 0 Å². The van der Waals surface area contributed by atoms with Gasteiger partial charge in [0, 0.05) is 26.6 Å². The summed E-state index contributed by atoms with van der Waals surface area (Å²) in [6, 6.07) is 25.5. The Hall–Kier alpha value is -3.65. The summed E-state index contributed by atoms with van der Waals surface area (Å²) in [6.45, 7) is 2.61. The molecule has 41 heavy (non-hydrogen) atoms. The summed E-state index contributed by atoms with van der Waals surface area (Å²) in [5.41, 5.74) is 5.60. The third-order valence-electron chi connectivity index (χ3n) is 10.7. The van der Waals surface area contributed by atoms with Crippen molar-refractivity contribution < 1.29 is 8.53 Å². The minimum atomic E-state index is -2.20. The van der Waals surface area contributed by atoms with Crippen molar-refractivity contribution in [1.82, 2.24) is 4.98 Å². The number of hydrogen-bond donors (Lipinski definition) is 0. The van der Waals surface area contributed by atoms with Crippen LogP contribution in [0.1, 0.15) is 86.4 Å². The Bertz CT molecular complexity index is 2050. The first-order chi connectivity index (χ1) is 21.1. The molecular formula is C39H39NO. The SMILES string of the molecule is [2H]C([2H])([2H])c1cnc(-c2cccc3c2oc2cc4c(ccc5ccccc54)cc23)cc1C1CCC2(CC1)CCC(C)(C)CC2. The van der Waals surface area contributed by atoms with Gasteiger partial charge < -0.3 is 4.42 Å². The Morgan fingerprint density at radius 2 is 1.54 bits per heavy atom. The third-order valence-corrected chi connectivity index (χ3v) is 10.7. The summed E-state index contributed by atoms with van der Waals surface area (Å²) in [7, 11) is 0. The van der Waals surface area contributed by atoms with Crippen LogP contribution in [0.25, 0.3) is 54.7 Å². The Labute approximate surface area is 247 Å². The number of pyridine rings is 1. The smallest absolute Gasteiger partial charge is 0.144 e. The molecule has 2 aromatic heterocycles. The molecule has 2 heteroatoms. The van der Waals surface area contributed by atoms with Crippen molar-refractivity contribution in [3.05, 3.63) is 90.1 Å². The van der Waals surface area contributed by atoms with Crippen LogP contribution < -0.4 is 0 Å². The van der Waals surface area contributed by atoms with Gasteiger partial charge in [-0.2, -0.15) is 0 Å². The first-order valence-corrected chi connectivity index (χ1v) is 15.4. The monoisotopic (exact) mass is 540 g/mol. The van der Waals surface area contributed by atoms with E-state index in [1.807, 2.05) is 0 Å². The quantitative estimate of drug-likeness (QED) is 0.204. The molecule has 2 fully saturated rings. The van der Waals surface area contributed by atoms with E-state index in [0.717, 1.165) is 51.6 Å². The maximum Gasteiger partial charge on any atom is 0.144 e. The van der Waals surface area contributed by atoms with Crippen LogP contribution in [0, 0.1) is 17.7 Å². The number of aromatic nitrogens is 1. The number of para-hydroxylation sites is 1. The summed E-state index contributed by atoms with van der Waals surface area (Å²) in [5.74, 6) is 0.237. The van der Waals surface area contributed by atoms with Crippen molar-refractivity contribution in [3.8, 4) is 11.3 Å². The molecule has 0 N–H and O–H groups in total. The fourth-order valence-electron chi connectivity index (χ4n) is 7.95. The number of benzene rings is 4. The molecule has 4 aromatic carbocycles. The van der Waals surface area contributed by atoms with E-state index in [-0.39, 0.29) is 5.92 Å². The zero-order chi connectivity index (χ0) is 30.3. The number of hydrogen-bond acceptors (Lipinski definition) is 2. The molecule has 2 saturated carbocycles. The predicted octanol–water partition coefficient (Wildman–Crippen LogP) is 11.5. The van der Waals surface area contributed by atoms with Crippen LogP contribution in [-0.2, 0) is 0 Å². The molecule has 0 saturated heterocycles. The lowest BCUT2D eigenvalue weighted by Crippen LogP contribution is -2.34. The number of rotatable bonds is 2. The van der Waals surface area contributed by atoms with Crippen molar-refractivity contribution >= 4 is 43.5 Å². The number of furan rings is 1. The zero-order valence-electron chi connectivity index (χ0n) is 27.1. The van der Waals surface area contributed by atoms with Gasteiger partial charge in [0.15, 0.2) is 0 Å². The van der Waals surface area contributed by atoms with Crippen LogP contribution in [0.2, 0.25) is 0 Å². The van der Waals surface area contributed by atoms with Crippen molar-refractivity contribution in [1.29, 1.82) is 0 Å². The fourth-order valence-corrected chi connectivity index (χ4v) is 7.95. The molecule has 2 nitrogen and oxygen atoms in total. The molecule has 0 radical (unpaired) electrons. The molecule has 2 aliphatic carbocycles. The molecule has 6 aromatic rings. The Kier molecular flexibility index (Phi) is 4.93. The molecule has 0 amide bonds.